The molecule has 4 aromatic rings. The topological polar surface area (TPSA) is 79.1 Å². The van der Waals surface area contributed by atoms with Crippen LogP contribution in [0.3, 0.4) is 0 Å². The van der Waals surface area contributed by atoms with Crippen molar-refractivity contribution in [1.82, 2.24) is 20.2 Å². The molecule has 0 atom stereocenters. The van der Waals surface area contributed by atoms with Crippen LogP contribution >= 0.6 is 0 Å². The smallest absolute Gasteiger partial charge is 0.302 e. The van der Waals surface area contributed by atoms with Crippen LogP contribution < -0.4 is 4.74 Å². The van der Waals surface area contributed by atoms with Gasteiger partial charge in [0, 0.05) is 18.1 Å². The molecule has 0 N–H and O–H groups in total. The number of ether oxygens (including phenoxy) is 2. The number of esters is 1. The lowest BCUT2D eigenvalue weighted by molar-refractivity contribution is -0.142. The van der Waals surface area contributed by atoms with E-state index in [0.29, 0.717) is 12.4 Å². The first-order chi connectivity index (χ1) is 15.2. The van der Waals surface area contributed by atoms with E-state index in [0.717, 1.165) is 33.6 Å². The molecule has 0 unspecified atom stereocenters. The van der Waals surface area contributed by atoms with Crippen molar-refractivity contribution in [2.24, 2.45) is 0 Å². The van der Waals surface area contributed by atoms with Crippen LogP contribution in [-0.4, -0.2) is 33.3 Å². The quantitative estimate of drug-likeness (QED) is 0.423. The highest BCUT2D eigenvalue weighted by Gasteiger charge is 2.15. The lowest BCUT2D eigenvalue weighted by atomic mass is 9.98. The number of para-hydroxylation sites is 1. The molecule has 156 valence electrons. The maximum absolute atomic E-state index is 11.0. The lowest BCUT2D eigenvalue weighted by Crippen LogP contribution is -2.06. The third kappa shape index (κ3) is 4.61. The van der Waals surface area contributed by atoms with Crippen LogP contribution in [0, 0.1) is 0 Å². The Bertz CT molecular complexity index is 1190. The number of nitrogens with zero attached hydrogens (tertiary/aromatic N) is 4. The van der Waals surface area contributed by atoms with Gasteiger partial charge in [-0.2, -0.15) is 0 Å². The predicted molar refractivity (Wildman–Crippen MR) is 116 cm³/mol. The molecular weight excluding hydrogens is 392 g/mol. The largest absolute Gasteiger partial charge is 0.496 e. The summed E-state index contributed by atoms with van der Waals surface area (Å²) in [5, 5.41) is 12.4. The number of carbonyl (C=O) groups is 1. The Labute approximate surface area is 180 Å². The Morgan fingerprint density at radius 1 is 0.935 bits per heavy atom. The Morgan fingerprint density at radius 3 is 2.39 bits per heavy atom. The van der Waals surface area contributed by atoms with Crippen molar-refractivity contribution in [3.05, 3.63) is 83.9 Å². The van der Waals surface area contributed by atoms with Gasteiger partial charge in [0.2, 0.25) is 0 Å². The summed E-state index contributed by atoms with van der Waals surface area (Å²) in [6.07, 6.45) is 0. The van der Waals surface area contributed by atoms with E-state index in [1.54, 1.807) is 11.8 Å². The number of rotatable bonds is 7. The minimum absolute atomic E-state index is 0.258. The summed E-state index contributed by atoms with van der Waals surface area (Å²) < 4.78 is 12.3. The number of hydrogen-bond acceptors (Lipinski definition) is 6. The van der Waals surface area contributed by atoms with Gasteiger partial charge in [-0.15, -0.1) is 5.10 Å². The van der Waals surface area contributed by atoms with Gasteiger partial charge in [0.1, 0.15) is 12.4 Å². The van der Waals surface area contributed by atoms with E-state index in [4.69, 9.17) is 9.47 Å². The fourth-order valence-electron chi connectivity index (χ4n) is 3.39. The van der Waals surface area contributed by atoms with E-state index in [1.807, 2.05) is 72.8 Å². The van der Waals surface area contributed by atoms with Crippen molar-refractivity contribution >= 4 is 5.97 Å². The van der Waals surface area contributed by atoms with Crippen LogP contribution in [0.25, 0.3) is 22.5 Å². The Balaban J connectivity index is 1.66. The minimum Gasteiger partial charge on any atom is -0.496 e. The second-order valence-corrected chi connectivity index (χ2v) is 6.99. The first-order valence-electron chi connectivity index (χ1n) is 9.86. The number of tetrazole rings is 1. The maximum Gasteiger partial charge on any atom is 0.302 e. The molecule has 0 bridgehead atoms. The fourth-order valence-corrected chi connectivity index (χ4v) is 3.39. The van der Waals surface area contributed by atoms with Crippen LogP contribution in [0.2, 0.25) is 0 Å². The van der Waals surface area contributed by atoms with Crippen LogP contribution in [0.4, 0.5) is 0 Å². The van der Waals surface area contributed by atoms with E-state index in [2.05, 4.69) is 15.5 Å². The van der Waals surface area contributed by atoms with E-state index in [-0.39, 0.29) is 12.6 Å². The zero-order chi connectivity index (χ0) is 21.6. The molecule has 1 aromatic heterocycles. The average molecular weight is 414 g/mol. The summed E-state index contributed by atoms with van der Waals surface area (Å²) in [6.45, 7) is 2.15. The molecule has 7 nitrogen and oxygen atoms in total. The van der Waals surface area contributed by atoms with Crippen molar-refractivity contribution in [1.29, 1.82) is 0 Å². The van der Waals surface area contributed by atoms with Gasteiger partial charge in [-0.1, -0.05) is 66.7 Å². The molecular formula is C24H22N4O3. The molecule has 0 saturated carbocycles. The van der Waals surface area contributed by atoms with Crippen LogP contribution in [0.1, 0.15) is 18.1 Å². The second-order valence-electron chi connectivity index (χ2n) is 6.99. The molecule has 0 radical (unpaired) electrons. The van der Waals surface area contributed by atoms with Crippen molar-refractivity contribution in [2.75, 3.05) is 7.11 Å². The molecule has 0 spiro atoms. The molecule has 0 aliphatic rings. The van der Waals surface area contributed by atoms with Crippen LogP contribution in [0.5, 0.6) is 5.75 Å². The summed E-state index contributed by atoms with van der Waals surface area (Å²) in [4.78, 5) is 11.0. The fraction of sp³-hybridized carbons (Fsp3) is 0.167. The SMILES string of the molecule is COc1ccccc1Cn1nnnc1-c1ccccc1-c1ccc(COC(C)=O)cc1. The van der Waals surface area contributed by atoms with Gasteiger partial charge in [0.25, 0.3) is 0 Å². The van der Waals surface area contributed by atoms with Gasteiger partial charge in [0.05, 0.1) is 13.7 Å². The lowest BCUT2D eigenvalue weighted by Gasteiger charge is -2.12. The summed E-state index contributed by atoms with van der Waals surface area (Å²) in [5.74, 6) is 1.17. The number of methoxy groups -OCH3 is 1. The first-order valence-corrected chi connectivity index (χ1v) is 9.86. The van der Waals surface area contributed by atoms with Crippen molar-refractivity contribution in [3.63, 3.8) is 0 Å². The zero-order valence-corrected chi connectivity index (χ0v) is 17.4. The van der Waals surface area contributed by atoms with Crippen molar-refractivity contribution in [3.8, 4) is 28.3 Å². The number of aromatic nitrogens is 4. The molecule has 0 aliphatic carbocycles. The predicted octanol–water partition coefficient (Wildman–Crippen LogP) is 4.13. The minimum atomic E-state index is -0.295. The third-order valence-electron chi connectivity index (χ3n) is 4.92. The van der Waals surface area contributed by atoms with Crippen LogP contribution in [-0.2, 0) is 22.7 Å². The summed E-state index contributed by atoms with van der Waals surface area (Å²) >= 11 is 0. The summed E-state index contributed by atoms with van der Waals surface area (Å²) in [6, 6.07) is 23.7. The highest BCUT2D eigenvalue weighted by Crippen LogP contribution is 2.31. The highest BCUT2D eigenvalue weighted by molar-refractivity contribution is 5.80. The van der Waals surface area contributed by atoms with Gasteiger partial charge < -0.3 is 9.47 Å². The molecule has 1 heterocycles. The number of hydrogen-bond donors (Lipinski definition) is 0. The molecule has 3 aromatic carbocycles. The Morgan fingerprint density at radius 2 is 1.65 bits per heavy atom. The molecule has 0 saturated heterocycles. The van der Waals surface area contributed by atoms with E-state index in [9.17, 15) is 4.79 Å². The van der Waals surface area contributed by atoms with Crippen LogP contribution in [0.15, 0.2) is 72.8 Å². The average Bonchev–Trinajstić information content (AvgIpc) is 3.26. The van der Waals surface area contributed by atoms with E-state index in [1.165, 1.54) is 6.92 Å². The molecule has 31 heavy (non-hydrogen) atoms. The maximum atomic E-state index is 11.0. The van der Waals surface area contributed by atoms with Gasteiger partial charge in [-0.3, -0.25) is 4.79 Å². The molecule has 0 amide bonds. The zero-order valence-electron chi connectivity index (χ0n) is 17.4. The third-order valence-corrected chi connectivity index (χ3v) is 4.92. The first kappa shape index (κ1) is 20.3. The Kier molecular flexibility index (Phi) is 6.03. The highest BCUT2D eigenvalue weighted by atomic mass is 16.5. The molecule has 7 heteroatoms. The number of benzene rings is 3. The second kappa shape index (κ2) is 9.21. The van der Waals surface area contributed by atoms with Gasteiger partial charge >= 0.3 is 5.97 Å². The monoisotopic (exact) mass is 414 g/mol. The molecule has 0 fully saturated rings. The summed E-state index contributed by atoms with van der Waals surface area (Å²) in [7, 11) is 1.65. The summed E-state index contributed by atoms with van der Waals surface area (Å²) in [5.41, 5.74) is 4.88. The Hall–Kier alpha value is -4.00. The van der Waals surface area contributed by atoms with Crippen molar-refractivity contribution < 1.29 is 14.3 Å². The van der Waals surface area contributed by atoms with Gasteiger partial charge in [0.15, 0.2) is 5.82 Å². The van der Waals surface area contributed by atoms with Gasteiger partial charge in [-0.05, 0) is 33.2 Å². The standard InChI is InChI=1S/C24H22N4O3/c1-17(29)31-16-18-11-13-19(14-12-18)21-8-4-5-9-22(21)24-25-26-27-28(24)15-20-7-3-6-10-23(20)30-2/h3-14H,15-16H2,1-2H3. The molecule has 0 aliphatic heterocycles. The van der Waals surface area contributed by atoms with E-state index >= 15 is 0 Å². The van der Waals surface area contributed by atoms with Gasteiger partial charge in [-0.25, -0.2) is 4.68 Å². The number of carbonyl (C=O) groups excluding carboxylic acids is 1. The molecule has 4 rings (SSSR count). The normalized spacial score (nSPS) is 10.6. The van der Waals surface area contributed by atoms with E-state index < -0.39 is 0 Å². The van der Waals surface area contributed by atoms with Crippen molar-refractivity contribution in [2.45, 2.75) is 20.1 Å².